The van der Waals surface area contributed by atoms with E-state index in [1.807, 2.05) is 6.07 Å². The van der Waals surface area contributed by atoms with Crippen molar-refractivity contribution in [2.24, 2.45) is 0 Å². The zero-order valence-corrected chi connectivity index (χ0v) is 9.11. The van der Waals surface area contributed by atoms with Crippen molar-refractivity contribution in [1.82, 2.24) is 0 Å². The fourth-order valence-corrected chi connectivity index (χ4v) is 1.93. The van der Waals surface area contributed by atoms with Gasteiger partial charge in [-0.05, 0) is 10.9 Å². The summed E-state index contributed by atoms with van der Waals surface area (Å²) in [6.45, 7) is 0. The maximum Gasteiger partial charge on any atom is 0.143 e. The van der Waals surface area contributed by atoms with Crippen LogP contribution in [0, 0.1) is 11.3 Å². The van der Waals surface area contributed by atoms with Gasteiger partial charge in [0, 0.05) is 0 Å². The summed E-state index contributed by atoms with van der Waals surface area (Å²) in [4.78, 5) is 0. The van der Waals surface area contributed by atoms with Crippen molar-refractivity contribution in [3.63, 3.8) is 0 Å². The van der Waals surface area contributed by atoms with Crippen molar-refractivity contribution >= 4 is 15.7 Å². The average Bonchev–Trinajstić information content (AvgIpc) is 2.15. The maximum absolute atomic E-state index is 10.1. The zero-order valence-electron chi connectivity index (χ0n) is 9.11. The normalized spacial score (nSPS) is 30.8. The molecule has 2 atom stereocenters. The smallest absolute Gasteiger partial charge is 0.143 e. The van der Waals surface area contributed by atoms with Crippen molar-refractivity contribution in [3.8, 4) is 6.07 Å². The monoisotopic (exact) mass is 205 g/mol. The topological polar surface area (TPSA) is 73.5 Å². The van der Waals surface area contributed by atoms with E-state index >= 15 is 0 Å². The molecule has 0 aromatic heterocycles. The molecule has 0 radical (unpaired) electrons. The molecule has 0 saturated heterocycles. The van der Waals surface area contributed by atoms with E-state index < -0.39 is 11.7 Å². The number of nitriles is 1. The third kappa shape index (κ3) is 1.94. The third-order valence-corrected chi connectivity index (χ3v) is 2.63. The Balaban J connectivity index is 3.16. The van der Waals surface area contributed by atoms with Gasteiger partial charge in [-0.1, -0.05) is 6.08 Å². The largest absolute Gasteiger partial charge is 0.498 e. The number of rotatable bonds is 2. The number of aliphatic hydroxyl groups is 2. The van der Waals surface area contributed by atoms with E-state index in [1.165, 1.54) is 13.2 Å². The molecule has 1 aliphatic carbocycles. The minimum Gasteiger partial charge on any atom is -0.498 e. The Morgan fingerprint density at radius 2 is 2.27 bits per heavy atom. The van der Waals surface area contributed by atoms with Gasteiger partial charge in [0.15, 0.2) is 0 Å². The Kier molecular flexibility index (Phi) is 3.28. The van der Waals surface area contributed by atoms with Crippen molar-refractivity contribution in [2.45, 2.75) is 18.1 Å². The van der Waals surface area contributed by atoms with Gasteiger partial charge in [0.1, 0.15) is 33.2 Å². The summed E-state index contributed by atoms with van der Waals surface area (Å²) in [5.74, 6) is 0.574. The number of nitrogens with zero attached hydrogens (tertiary/aromatic N) is 1. The summed E-state index contributed by atoms with van der Waals surface area (Å²) in [5.41, 5.74) is -0.210. The average molecular weight is 205 g/mol. The van der Waals surface area contributed by atoms with Crippen LogP contribution in [0.2, 0.25) is 0 Å². The fraction of sp³-hybridized carbons (Fsp3) is 0.444. The molecule has 0 heterocycles. The van der Waals surface area contributed by atoms with Gasteiger partial charge in [-0.2, -0.15) is 5.26 Å². The van der Waals surface area contributed by atoms with Gasteiger partial charge in [0.2, 0.25) is 0 Å². The first-order chi connectivity index (χ1) is 6.96. The molecule has 0 unspecified atom stereocenters. The first kappa shape index (κ1) is 11.9. The lowest BCUT2D eigenvalue weighted by molar-refractivity contribution is -0.0175. The lowest BCUT2D eigenvalue weighted by Crippen LogP contribution is -2.45. The van der Waals surface area contributed by atoms with Crippen molar-refractivity contribution in [3.05, 3.63) is 22.8 Å². The summed E-state index contributed by atoms with van der Waals surface area (Å²) in [6.07, 6.45) is 0.253. The molecule has 0 amide bonds. The number of ether oxygens (including phenoxy) is 1. The molecular weight excluding hydrogens is 192 g/mol. The zero-order chi connectivity index (χ0) is 11.6. The van der Waals surface area contributed by atoms with Gasteiger partial charge >= 0.3 is 0 Å². The molecule has 0 bridgehead atoms. The van der Waals surface area contributed by atoms with E-state index in [2.05, 4.69) is 0 Å². The number of methoxy groups -OCH3 is 1. The number of allylic oxidation sites excluding steroid dienone is 1. The van der Waals surface area contributed by atoms with Crippen LogP contribution >= 0.6 is 0 Å². The predicted octanol–water partition coefficient (Wildman–Crippen LogP) is -1.99. The van der Waals surface area contributed by atoms with E-state index in [-0.39, 0.29) is 6.42 Å². The van der Waals surface area contributed by atoms with Crippen molar-refractivity contribution in [2.75, 3.05) is 7.11 Å². The molecule has 0 aromatic rings. The molecule has 0 spiro atoms. The summed E-state index contributed by atoms with van der Waals surface area (Å²) in [6, 6.07) is 1.86. The van der Waals surface area contributed by atoms with Crippen LogP contribution < -0.4 is 0 Å². The molecule has 1 aliphatic rings. The summed E-state index contributed by atoms with van der Waals surface area (Å²) >= 11 is 0. The van der Waals surface area contributed by atoms with Crippen LogP contribution in [0.25, 0.3) is 0 Å². The molecular formula is C9H13B2NO3. The summed E-state index contributed by atoms with van der Waals surface area (Å²) < 4.78 is 5.11. The molecule has 6 heteroatoms. The third-order valence-electron chi connectivity index (χ3n) is 2.63. The quantitative estimate of drug-likeness (QED) is 0.512. The highest BCUT2D eigenvalue weighted by Gasteiger charge is 2.39. The standard InChI is InChI=1S/C9H13B2NO3/c1-15-7-5(10)4-9(14,2-3-12)8(13)6(7)11/h4,8,13-14H,2,10-11H2,1H3/t8-,9-/m0/s1. The van der Waals surface area contributed by atoms with E-state index in [0.717, 1.165) is 5.47 Å². The van der Waals surface area contributed by atoms with Gasteiger partial charge in [0.25, 0.3) is 0 Å². The van der Waals surface area contributed by atoms with Crippen LogP contribution in [0.1, 0.15) is 6.42 Å². The minimum atomic E-state index is -1.50. The van der Waals surface area contributed by atoms with Gasteiger partial charge in [-0.3, -0.25) is 0 Å². The van der Waals surface area contributed by atoms with Crippen LogP contribution in [0.4, 0.5) is 0 Å². The van der Waals surface area contributed by atoms with Gasteiger partial charge in [-0.25, -0.2) is 0 Å². The molecule has 0 fully saturated rings. The minimum absolute atomic E-state index is 0.139. The molecule has 4 nitrogen and oxygen atoms in total. The van der Waals surface area contributed by atoms with Crippen LogP contribution in [-0.4, -0.2) is 44.7 Å². The fourth-order valence-electron chi connectivity index (χ4n) is 1.93. The molecule has 2 N–H and O–H groups in total. The SMILES string of the molecule is BC1=C[C@@](O)(CC#N)[C@@H](O)C(B)=C1OC. The highest BCUT2D eigenvalue weighted by molar-refractivity contribution is 6.29. The maximum atomic E-state index is 10.1. The summed E-state index contributed by atoms with van der Waals surface area (Å²) in [7, 11) is 4.97. The second-order valence-corrected chi connectivity index (χ2v) is 3.77. The Bertz CT molecular complexity index is 372. The lowest BCUT2D eigenvalue weighted by atomic mass is 9.69. The van der Waals surface area contributed by atoms with E-state index in [1.54, 1.807) is 15.7 Å². The molecule has 0 aliphatic heterocycles. The second-order valence-electron chi connectivity index (χ2n) is 3.77. The summed E-state index contributed by atoms with van der Waals surface area (Å²) in [5, 5.41) is 28.5. The molecule has 0 saturated carbocycles. The first-order valence-electron chi connectivity index (χ1n) is 4.68. The van der Waals surface area contributed by atoms with Crippen LogP contribution in [-0.2, 0) is 4.74 Å². The Morgan fingerprint density at radius 3 is 2.73 bits per heavy atom. The lowest BCUT2D eigenvalue weighted by Gasteiger charge is -2.34. The Labute approximate surface area is 90.7 Å². The van der Waals surface area contributed by atoms with Crippen LogP contribution in [0.15, 0.2) is 22.8 Å². The van der Waals surface area contributed by atoms with E-state index in [0.29, 0.717) is 11.2 Å². The van der Waals surface area contributed by atoms with Crippen molar-refractivity contribution < 1.29 is 14.9 Å². The van der Waals surface area contributed by atoms with Crippen LogP contribution in [0.5, 0.6) is 0 Å². The first-order valence-corrected chi connectivity index (χ1v) is 4.68. The Hall–Kier alpha value is -1.18. The highest BCUT2D eigenvalue weighted by atomic mass is 16.5. The predicted molar refractivity (Wildman–Crippen MR) is 60.4 cm³/mol. The van der Waals surface area contributed by atoms with Gasteiger partial charge in [0.05, 0.1) is 19.6 Å². The molecule has 78 valence electrons. The molecule has 1 rings (SSSR count). The molecule has 15 heavy (non-hydrogen) atoms. The molecule has 0 aromatic carbocycles. The number of hydrogen-bond acceptors (Lipinski definition) is 4. The highest BCUT2D eigenvalue weighted by Crippen LogP contribution is 2.31. The number of aliphatic hydroxyl groups excluding tert-OH is 1. The second kappa shape index (κ2) is 4.13. The van der Waals surface area contributed by atoms with Gasteiger partial charge in [-0.15, -0.1) is 0 Å². The number of hydrogen-bond donors (Lipinski definition) is 2. The van der Waals surface area contributed by atoms with Crippen molar-refractivity contribution in [1.29, 1.82) is 5.26 Å². The van der Waals surface area contributed by atoms with Crippen LogP contribution in [0.3, 0.4) is 0 Å². The van der Waals surface area contributed by atoms with E-state index in [4.69, 9.17) is 10.00 Å². The Morgan fingerprint density at radius 1 is 1.67 bits per heavy atom. The van der Waals surface area contributed by atoms with Gasteiger partial charge < -0.3 is 14.9 Å². The van der Waals surface area contributed by atoms with E-state index in [9.17, 15) is 10.2 Å².